The predicted molar refractivity (Wildman–Crippen MR) is 123 cm³/mol. The van der Waals surface area contributed by atoms with E-state index in [9.17, 15) is 4.79 Å². The van der Waals surface area contributed by atoms with E-state index in [-0.39, 0.29) is 5.92 Å². The van der Waals surface area contributed by atoms with Crippen molar-refractivity contribution >= 4 is 23.6 Å². The van der Waals surface area contributed by atoms with E-state index in [4.69, 9.17) is 4.99 Å². The normalized spacial score (nSPS) is 30.2. The number of likely N-dealkylation sites (N-methyl/N-ethyl adjacent to an activating group) is 2. The third kappa shape index (κ3) is 6.76. The van der Waals surface area contributed by atoms with E-state index < -0.39 is 0 Å². The second-order valence-corrected chi connectivity index (χ2v) is 9.97. The molecule has 29 heavy (non-hydrogen) atoms. The van der Waals surface area contributed by atoms with Gasteiger partial charge >= 0.3 is 0 Å². The van der Waals surface area contributed by atoms with Crippen LogP contribution in [0.1, 0.15) is 32.6 Å². The smallest absolute Gasteiger partial charge is 0.225 e. The molecule has 1 unspecified atom stereocenters. The molecule has 1 amide bonds. The predicted octanol–water partition coefficient (Wildman–Crippen LogP) is 0.922. The van der Waals surface area contributed by atoms with Gasteiger partial charge < -0.3 is 20.4 Å². The maximum Gasteiger partial charge on any atom is 0.225 e. The first kappa shape index (κ1) is 22.7. The summed E-state index contributed by atoms with van der Waals surface area (Å²) >= 11 is 1.96. The lowest BCUT2D eigenvalue weighted by molar-refractivity contribution is -0.136. The first-order chi connectivity index (χ1) is 14.1. The summed E-state index contributed by atoms with van der Waals surface area (Å²) in [5, 5.41) is 7.05. The largest absolute Gasteiger partial charge is 0.357 e. The summed E-state index contributed by atoms with van der Waals surface area (Å²) < 4.78 is 0. The highest BCUT2D eigenvalue weighted by atomic mass is 32.2. The molecule has 2 N–H and O–H groups in total. The van der Waals surface area contributed by atoms with Gasteiger partial charge in [-0.1, -0.05) is 0 Å². The number of carbonyl (C=O) groups excluding carboxylic acids is 1. The van der Waals surface area contributed by atoms with Gasteiger partial charge in [0.15, 0.2) is 5.96 Å². The van der Waals surface area contributed by atoms with Crippen molar-refractivity contribution in [1.82, 2.24) is 25.3 Å². The van der Waals surface area contributed by atoms with E-state index in [1.165, 1.54) is 0 Å². The Balaban J connectivity index is 1.46. The topological polar surface area (TPSA) is 63.2 Å². The highest BCUT2D eigenvalue weighted by Gasteiger charge is 2.30. The zero-order chi connectivity index (χ0) is 20.6. The van der Waals surface area contributed by atoms with Gasteiger partial charge in [-0.05, 0) is 46.7 Å². The van der Waals surface area contributed by atoms with Crippen LogP contribution in [0, 0.1) is 5.92 Å². The fourth-order valence-corrected chi connectivity index (χ4v) is 5.44. The van der Waals surface area contributed by atoms with Crippen molar-refractivity contribution in [3.63, 3.8) is 0 Å². The average Bonchev–Trinajstić information content (AvgIpc) is 2.75. The second-order valence-electron chi connectivity index (χ2n) is 8.75. The van der Waals surface area contributed by atoms with Crippen LogP contribution in [-0.2, 0) is 4.79 Å². The molecule has 2 heterocycles. The van der Waals surface area contributed by atoms with Gasteiger partial charge in [-0.2, -0.15) is 11.8 Å². The van der Waals surface area contributed by atoms with Gasteiger partial charge in [0.2, 0.25) is 5.91 Å². The van der Waals surface area contributed by atoms with Gasteiger partial charge in [0.05, 0.1) is 6.54 Å². The van der Waals surface area contributed by atoms with E-state index in [1.54, 1.807) is 0 Å². The number of thioether (sulfide) groups is 1. The fraction of sp³-hybridized carbons (Fsp3) is 0.905. The quantitative estimate of drug-likeness (QED) is 0.506. The molecule has 1 atom stereocenters. The Morgan fingerprint density at radius 1 is 1.07 bits per heavy atom. The number of hydrogen-bond acceptors (Lipinski definition) is 5. The van der Waals surface area contributed by atoms with Crippen molar-refractivity contribution in [3.8, 4) is 0 Å². The summed E-state index contributed by atoms with van der Waals surface area (Å²) in [5.41, 5.74) is 0. The lowest BCUT2D eigenvalue weighted by Crippen LogP contribution is -2.52. The maximum atomic E-state index is 12.8. The van der Waals surface area contributed by atoms with Crippen LogP contribution in [0.5, 0.6) is 0 Å². The summed E-state index contributed by atoms with van der Waals surface area (Å²) in [4.78, 5) is 24.6. The van der Waals surface area contributed by atoms with Crippen LogP contribution >= 0.6 is 11.8 Å². The number of carbonyl (C=O) groups is 1. The fourth-order valence-electron chi connectivity index (χ4n) is 4.54. The van der Waals surface area contributed by atoms with Crippen molar-refractivity contribution in [1.29, 1.82) is 0 Å². The van der Waals surface area contributed by atoms with Crippen molar-refractivity contribution in [3.05, 3.63) is 0 Å². The van der Waals surface area contributed by atoms with Crippen molar-refractivity contribution in [2.75, 3.05) is 71.4 Å². The Kier molecular flexibility index (Phi) is 8.93. The van der Waals surface area contributed by atoms with Gasteiger partial charge in [-0.15, -0.1) is 0 Å². The molecule has 1 aliphatic carbocycles. The van der Waals surface area contributed by atoms with E-state index in [2.05, 4.69) is 46.4 Å². The van der Waals surface area contributed by atoms with Crippen LogP contribution in [0.3, 0.4) is 0 Å². The number of piperazine rings is 1. The van der Waals surface area contributed by atoms with Crippen molar-refractivity contribution < 1.29 is 4.79 Å². The zero-order valence-electron chi connectivity index (χ0n) is 18.5. The minimum atomic E-state index is 0.224. The van der Waals surface area contributed by atoms with Crippen LogP contribution in [0.15, 0.2) is 4.99 Å². The molecule has 7 nitrogen and oxygen atoms in total. The maximum absolute atomic E-state index is 12.8. The van der Waals surface area contributed by atoms with Gasteiger partial charge in [-0.25, -0.2) is 0 Å². The van der Waals surface area contributed by atoms with Crippen LogP contribution < -0.4 is 10.6 Å². The summed E-state index contributed by atoms with van der Waals surface area (Å²) in [6, 6.07) is 0.890. The van der Waals surface area contributed by atoms with Crippen molar-refractivity contribution in [2.45, 2.75) is 44.7 Å². The lowest BCUT2D eigenvalue weighted by Gasteiger charge is -2.37. The Bertz CT molecular complexity index is 545. The van der Waals surface area contributed by atoms with Gasteiger partial charge in [0.1, 0.15) is 0 Å². The Morgan fingerprint density at radius 3 is 2.48 bits per heavy atom. The van der Waals surface area contributed by atoms with E-state index in [0.29, 0.717) is 18.0 Å². The molecule has 166 valence electrons. The monoisotopic (exact) mass is 424 g/mol. The van der Waals surface area contributed by atoms with Crippen LogP contribution in [0.25, 0.3) is 0 Å². The number of aliphatic imine (C=N–C) groups is 1. The molecular weight excluding hydrogens is 384 g/mol. The number of rotatable bonds is 5. The van der Waals surface area contributed by atoms with Crippen LogP contribution in [0.4, 0.5) is 0 Å². The number of nitrogens with zero attached hydrogens (tertiary/aromatic N) is 4. The molecule has 0 aromatic carbocycles. The molecule has 0 aromatic rings. The summed E-state index contributed by atoms with van der Waals surface area (Å²) in [6.07, 6.45) is 4.09. The minimum Gasteiger partial charge on any atom is -0.357 e. The molecule has 3 rings (SSSR count). The number of guanidine groups is 1. The molecule has 0 aromatic heterocycles. The Morgan fingerprint density at radius 2 is 1.79 bits per heavy atom. The van der Waals surface area contributed by atoms with E-state index >= 15 is 0 Å². The molecule has 2 aliphatic heterocycles. The van der Waals surface area contributed by atoms with E-state index in [0.717, 1.165) is 89.0 Å². The molecule has 0 radical (unpaired) electrons. The molecule has 1 saturated carbocycles. The first-order valence-corrected chi connectivity index (χ1v) is 12.5. The third-order valence-electron chi connectivity index (χ3n) is 6.52. The standard InChI is InChI=1S/C21H40N6OS/c1-4-22-21(23-15-19-16-25(2)9-10-26(19)3)24-18-7-5-17(6-8-18)20(28)27-11-13-29-14-12-27/h17-19H,4-16H2,1-3H3,(H2,22,23,24). The molecular formula is C21H40N6OS. The van der Waals surface area contributed by atoms with Gasteiger partial charge in [0.25, 0.3) is 0 Å². The molecule has 3 aliphatic rings. The Hall–Kier alpha value is -0.990. The van der Waals surface area contributed by atoms with Crippen LogP contribution in [-0.4, -0.2) is 110 Å². The highest BCUT2D eigenvalue weighted by molar-refractivity contribution is 7.99. The minimum absolute atomic E-state index is 0.224. The molecule has 0 spiro atoms. The lowest BCUT2D eigenvalue weighted by atomic mass is 9.85. The molecule has 3 fully saturated rings. The molecule has 2 saturated heterocycles. The third-order valence-corrected chi connectivity index (χ3v) is 7.47. The highest BCUT2D eigenvalue weighted by Crippen LogP contribution is 2.27. The number of hydrogen-bond donors (Lipinski definition) is 2. The van der Waals surface area contributed by atoms with Gasteiger partial charge in [0, 0.05) is 68.8 Å². The van der Waals surface area contributed by atoms with Crippen molar-refractivity contribution in [2.24, 2.45) is 10.9 Å². The Labute approximate surface area is 181 Å². The summed E-state index contributed by atoms with van der Waals surface area (Å²) in [5.74, 6) is 3.74. The van der Waals surface area contributed by atoms with E-state index in [1.807, 2.05) is 11.8 Å². The number of amides is 1. The second kappa shape index (κ2) is 11.4. The van der Waals surface area contributed by atoms with Crippen LogP contribution in [0.2, 0.25) is 0 Å². The summed E-state index contributed by atoms with van der Waals surface area (Å²) in [7, 11) is 4.39. The summed E-state index contributed by atoms with van der Waals surface area (Å²) in [6.45, 7) is 8.98. The first-order valence-electron chi connectivity index (χ1n) is 11.4. The molecule has 8 heteroatoms. The van der Waals surface area contributed by atoms with Gasteiger partial charge in [-0.3, -0.25) is 14.7 Å². The average molecular weight is 425 g/mol. The number of nitrogens with one attached hydrogen (secondary N) is 2. The zero-order valence-corrected chi connectivity index (χ0v) is 19.3. The SMILES string of the molecule is CCNC(=NCC1CN(C)CCN1C)NC1CCC(C(=O)N2CCSCC2)CC1. The molecule has 0 bridgehead atoms.